The van der Waals surface area contributed by atoms with Crippen LogP contribution in [0.15, 0.2) is 17.6 Å². The molecule has 130 valence electrons. The predicted octanol–water partition coefficient (Wildman–Crippen LogP) is 2.83. The summed E-state index contributed by atoms with van der Waals surface area (Å²) in [5.41, 5.74) is 3.70. The highest BCUT2D eigenvalue weighted by atomic mass is 15.3. The minimum Gasteiger partial charge on any atom is -0.356 e. The molecule has 0 spiro atoms. The third-order valence-corrected chi connectivity index (χ3v) is 4.29. The molecule has 0 radical (unpaired) electrons. The van der Waals surface area contributed by atoms with E-state index in [-0.39, 0.29) is 0 Å². The minimum absolute atomic E-state index is 0.876. The zero-order valence-electron chi connectivity index (χ0n) is 15.5. The fourth-order valence-corrected chi connectivity index (χ4v) is 2.78. The number of aliphatic imine (C=N–C) groups is 1. The molecule has 23 heavy (non-hydrogen) atoms. The van der Waals surface area contributed by atoms with Gasteiger partial charge in [-0.2, -0.15) is 5.10 Å². The minimum atomic E-state index is 0.876. The number of nitrogens with zero attached hydrogens (tertiary/aromatic N) is 4. The maximum atomic E-state index is 4.47. The van der Waals surface area contributed by atoms with Crippen LogP contribution >= 0.6 is 0 Å². The number of aromatic nitrogens is 2. The Hall–Kier alpha value is -1.78. The smallest absolute Gasteiger partial charge is 0.193 e. The first-order valence-electron chi connectivity index (χ1n) is 8.53. The second-order valence-corrected chi connectivity index (χ2v) is 6.06. The molecule has 0 aliphatic carbocycles. The van der Waals surface area contributed by atoms with Crippen LogP contribution in [0, 0.1) is 13.8 Å². The third kappa shape index (κ3) is 6.08. The van der Waals surface area contributed by atoms with Gasteiger partial charge in [0, 0.05) is 39.9 Å². The van der Waals surface area contributed by atoms with Crippen molar-refractivity contribution in [2.75, 3.05) is 27.2 Å². The van der Waals surface area contributed by atoms with Crippen molar-refractivity contribution in [1.29, 1.82) is 0 Å². The summed E-state index contributed by atoms with van der Waals surface area (Å²) >= 11 is 0. The molecule has 1 N–H and O–H groups in total. The fraction of sp³-hybridized carbons (Fsp3) is 0.667. The molecule has 5 nitrogen and oxygen atoms in total. The molecule has 1 aromatic heterocycles. The zero-order valence-corrected chi connectivity index (χ0v) is 15.5. The van der Waals surface area contributed by atoms with E-state index in [1.807, 2.05) is 24.9 Å². The first-order chi connectivity index (χ1) is 11.0. The van der Waals surface area contributed by atoms with Gasteiger partial charge in [-0.25, -0.2) is 0 Å². The van der Waals surface area contributed by atoms with E-state index >= 15 is 0 Å². The molecular formula is C18H33N5. The third-order valence-electron chi connectivity index (χ3n) is 4.29. The van der Waals surface area contributed by atoms with Gasteiger partial charge in [0.05, 0.1) is 5.69 Å². The highest BCUT2D eigenvalue weighted by Crippen LogP contribution is 2.11. The number of rotatable bonds is 9. The summed E-state index contributed by atoms with van der Waals surface area (Å²) in [6.45, 7) is 9.87. The Labute approximate surface area is 141 Å². The molecule has 0 saturated heterocycles. The molecule has 1 aromatic rings. The number of nitrogens with one attached hydrogen (secondary N) is 1. The summed E-state index contributed by atoms with van der Waals surface area (Å²) in [4.78, 5) is 6.58. The Morgan fingerprint density at radius 3 is 2.65 bits per heavy atom. The summed E-state index contributed by atoms with van der Waals surface area (Å²) in [7, 11) is 5.94. The molecule has 0 aliphatic rings. The van der Waals surface area contributed by atoms with Crippen LogP contribution in [0.4, 0.5) is 0 Å². The van der Waals surface area contributed by atoms with Crippen LogP contribution in [-0.2, 0) is 13.5 Å². The summed E-state index contributed by atoms with van der Waals surface area (Å²) in [6.07, 6.45) is 7.72. The molecule has 0 fully saturated rings. The Kier molecular flexibility index (Phi) is 8.45. The van der Waals surface area contributed by atoms with Crippen LogP contribution in [0.2, 0.25) is 0 Å². The second kappa shape index (κ2) is 10.1. The van der Waals surface area contributed by atoms with E-state index in [4.69, 9.17) is 0 Å². The molecule has 1 rings (SSSR count). The van der Waals surface area contributed by atoms with Crippen LogP contribution in [0.1, 0.15) is 42.6 Å². The first-order valence-corrected chi connectivity index (χ1v) is 8.53. The molecule has 0 unspecified atom stereocenters. The van der Waals surface area contributed by atoms with Crippen molar-refractivity contribution in [1.82, 2.24) is 20.0 Å². The largest absolute Gasteiger partial charge is 0.356 e. The summed E-state index contributed by atoms with van der Waals surface area (Å²) in [5.74, 6) is 0.966. The normalized spacial score (nSPS) is 11.6. The molecule has 0 amide bonds. The van der Waals surface area contributed by atoms with E-state index in [1.54, 1.807) is 0 Å². The van der Waals surface area contributed by atoms with Crippen molar-refractivity contribution in [2.45, 2.75) is 46.0 Å². The maximum absolute atomic E-state index is 4.47. The average Bonchev–Trinajstić information content (AvgIpc) is 2.77. The van der Waals surface area contributed by atoms with Gasteiger partial charge in [-0.05, 0) is 45.1 Å². The van der Waals surface area contributed by atoms with E-state index in [2.05, 4.69) is 47.8 Å². The monoisotopic (exact) mass is 319 g/mol. The Balaban J connectivity index is 2.37. The van der Waals surface area contributed by atoms with Crippen molar-refractivity contribution in [2.24, 2.45) is 12.0 Å². The highest BCUT2D eigenvalue weighted by molar-refractivity contribution is 5.79. The van der Waals surface area contributed by atoms with Crippen molar-refractivity contribution in [3.63, 3.8) is 0 Å². The van der Waals surface area contributed by atoms with Crippen LogP contribution in [-0.4, -0.2) is 47.8 Å². The molecule has 1 heterocycles. The van der Waals surface area contributed by atoms with Gasteiger partial charge in [0.1, 0.15) is 0 Å². The molecule has 0 aliphatic heterocycles. The molecule has 0 atom stereocenters. The summed E-state index contributed by atoms with van der Waals surface area (Å²) in [5, 5.41) is 7.93. The number of guanidine groups is 1. The van der Waals surface area contributed by atoms with Crippen LogP contribution < -0.4 is 5.32 Å². The lowest BCUT2D eigenvalue weighted by atomic mass is 10.1. The van der Waals surface area contributed by atoms with Gasteiger partial charge >= 0.3 is 0 Å². The van der Waals surface area contributed by atoms with Gasteiger partial charge in [0.15, 0.2) is 5.96 Å². The van der Waals surface area contributed by atoms with Gasteiger partial charge in [-0.15, -0.1) is 6.58 Å². The summed E-state index contributed by atoms with van der Waals surface area (Å²) in [6, 6.07) is 0. The topological polar surface area (TPSA) is 45.4 Å². The molecule has 0 aromatic carbocycles. The quantitative estimate of drug-likeness (QED) is 0.329. The van der Waals surface area contributed by atoms with E-state index in [0.717, 1.165) is 37.6 Å². The van der Waals surface area contributed by atoms with E-state index in [1.165, 1.54) is 30.5 Å². The number of allylic oxidation sites excluding steroid dienone is 1. The zero-order chi connectivity index (χ0) is 17.2. The predicted molar refractivity (Wildman–Crippen MR) is 99.0 cm³/mol. The SMILES string of the molecule is C=CCCCCCN(C)C(=NC)NCCc1c(C)nn(C)c1C. The highest BCUT2D eigenvalue weighted by Gasteiger charge is 2.10. The Morgan fingerprint density at radius 2 is 2.09 bits per heavy atom. The van der Waals surface area contributed by atoms with Gasteiger partial charge in [0.2, 0.25) is 0 Å². The van der Waals surface area contributed by atoms with Crippen molar-refractivity contribution < 1.29 is 0 Å². The van der Waals surface area contributed by atoms with E-state index < -0.39 is 0 Å². The lowest BCUT2D eigenvalue weighted by Crippen LogP contribution is -2.40. The van der Waals surface area contributed by atoms with Crippen LogP contribution in [0.5, 0.6) is 0 Å². The lowest BCUT2D eigenvalue weighted by Gasteiger charge is -2.22. The number of hydrogen-bond donors (Lipinski definition) is 1. The lowest BCUT2D eigenvalue weighted by molar-refractivity contribution is 0.455. The number of hydrogen-bond acceptors (Lipinski definition) is 2. The average molecular weight is 319 g/mol. The van der Waals surface area contributed by atoms with Gasteiger partial charge in [-0.3, -0.25) is 9.67 Å². The number of aryl methyl sites for hydroxylation is 2. The molecule has 0 bridgehead atoms. The van der Waals surface area contributed by atoms with Crippen molar-refractivity contribution >= 4 is 5.96 Å². The standard InChI is InChI=1S/C18H33N5/c1-7-8-9-10-11-14-22(5)18(19-4)20-13-12-17-15(2)21-23(6)16(17)3/h7H,1,8-14H2,2-6H3,(H,19,20). The van der Waals surface area contributed by atoms with Gasteiger partial charge < -0.3 is 10.2 Å². The van der Waals surface area contributed by atoms with Crippen molar-refractivity contribution in [3.05, 3.63) is 29.6 Å². The molecule has 0 saturated carbocycles. The van der Waals surface area contributed by atoms with E-state index in [9.17, 15) is 0 Å². The Bertz CT molecular complexity index is 516. The van der Waals surface area contributed by atoms with Crippen LogP contribution in [0.3, 0.4) is 0 Å². The summed E-state index contributed by atoms with van der Waals surface area (Å²) < 4.78 is 1.95. The molecule has 5 heteroatoms. The first kappa shape index (κ1) is 19.3. The van der Waals surface area contributed by atoms with Crippen LogP contribution in [0.25, 0.3) is 0 Å². The van der Waals surface area contributed by atoms with Gasteiger partial charge in [0.25, 0.3) is 0 Å². The second-order valence-electron chi connectivity index (χ2n) is 6.06. The molecular weight excluding hydrogens is 286 g/mol. The maximum Gasteiger partial charge on any atom is 0.193 e. The van der Waals surface area contributed by atoms with Gasteiger partial charge in [-0.1, -0.05) is 12.5 Å². The van der Waals surface area contributed by atoms with E-state index in [0.29, 0.717) is 0 Å². The Morgan fingerprint density at radius 1 is 1.35 bits per heavy atom. The number of unbranched alkanes of at least 4 members (excludes halogenated alkanes) is 3. The fourth-order valence-electron chi connectivity index (χ4n) is 2.78. The van der Waals surface area contributed by atoms with Crippen molar-refractivity contribution in [3.8, 4) is 0 Å².